The van der Waals surface area contributed by atoms with Crippen LogP contribution in [-0.2, 0) is 17.6 Å². The molecule has 4 heteroatoms. The van der Waals surface area contributed by atoms with Crippen LogP contribution in [0.1, 0.15) is 25.0 Å². The van der Waals surface area contributed by atoms with E-state index in [-0.39, 0.29) is 11.9 Å². The Kier molecular flexibility index (Phi) is 5.43. The number of ether oxygens (including phenoxy) is 1. The number of hydrogen-bond acceptors (Lipinski definition) is 3. The summed E-state index contributed by atoms with van der Waals surface area (Å²) >= 11 is 0. The molecule has 1 aromatic carbocycles. The van der Waals surface area contributed by atoms with E-state index in [1.807, 2.05) is 44.2 Å². The number of furan rings is 1. The first-order valence-electron chi connectivity index (χ1n) is 7.19. The summed E-state index contributed by atoms with van der Waals surface area (Å²) in [6, 6.07) is 9.62. The average Bonchev–Trinajstić information content (AvgIpc) is 2.93. The van der Waals surface area contributed by atoms with E-state index in [9.17, 15) is 4.79 Å². The van der Waals surface area contributed by atoms with Gasteiger partial charge in [0.2, 0.25) is 5.91 Å². The molecule has 1 unspecified atom stereocenters. The Morgan fingerprint density at radius 1 is 1.24 bits per heavy atom. The van der Waals surface area contributed by atoms with Gasteiger partial charge in [-0.2, -0.15) is 0 Å². The molecule has 112 valence electrons. The second kappa shape index (κ2) is 7.53. The van der Waals surface area contributed by atoms with Gasteiger partial charge in [-0.15, -0.1) is 0 Å². The summed E-state index contributed by atoms with van der Waals surface area (Å²) in [6.07, 6.45) is 4.49. The third kappa shape index (κ3) is 4.99. The quantitative estimate of drug-likeness (QED) is 0.851. The van der Waals surface area contributed by atoms with Gasteiger partial charge in [-0.25, -0.2) is 0 Å². The molecule has 0 saturated heterocycles. The fourth-order valence-corrected chi connectivity index (χ4v) is 2.19. The largest absolute Gasteiger partial charge is 0.494 e. The molecule has 2 aromatic rings. The van der Waals surface area contributed by atoms with Crippen LogP contribution in [0, 0.1) is 0 Å². The van der Waals surface area contributed by atoms with Crippen molar-refractivity contribution in [3.63, 3.8) is 0 Å². The fraction of sp³-hybridized carbons (Fsp3) is 0.353. The number of benzene rings is 1. The lowest BCUT2D eigenvalue weighted by Gasteiger charge is -2.13. The lowest BCUT2D eigenvalue weighted by Crippen LogP contribution is -2.35. The molecular weight excluding hydrogens is 266 g/mol. The maximum Gasteiger partial charge on any atom is 0.224 e. The van der Waals surface area contributed by atoms with E-state index in [1.165, 1.54) is 0 Å². The highest BCUT2D eigenvalue weighted by Gasteiger charge is 2.09. The zero-order valence-corrected chi connectivity index (χ0v) is 12.5. The minimum Gasteiger partial charge on any atom is -0.494 e. The first-order valence-corrected chi connectivity index (χ1v) is 7.19. The number of carbonyl (C=O) groups is 1. The molecule has 0 aliphatic heterocycles. The van der Waals surface area contributed by atoms with Gasteiger partial charge in [0.15, 0.2) is 0 Å². The SMILES string of the molecule is CCOc1ccc(CC(=O)NC(C)Cc2ccoc2)cc1. The molecule has 21 heavy (non-hydrogen) atoms. The van der Waals surface area contributed by atoms with Gasteiger partial charge < -0.3 is 14.5 Å². The van der Waals surface area contributed by atoms with E-state index < -0.39 is 0 Å². The predicted octanol–water partition coefficient (Wildman–Crippen LogP) is 2.97. The highest BCUT2D eigenvalue weighted by atomic mass is 16.5. The minimum absolute atomic E-state index is 0.0233. The molecule has 1 atom stereocenters. The van der Waals surface area contributed by atoms with Gasteiger partial charge in [0, 0.05) is 6.04 Å². The molecule has 0 fully saturated rings. The molecule has 0 saturated carbocycles. The third-order valence-corrected chi connectivity index (χ3v) is 3.13. The third-order valence-electron chi connectivity index (χ3n) is 3.13. The summed E-state index contributed by atoms with van der Waals surface area (Å²) in [5.41, 5.74) is 2.07. The predicted molar refractivity (Wildman–Crippen MR) is 81.3 cm³/mol. The highest BCUT2D eigenvalue weighted by molar-refractivity contribution is 5.78. The smallest absolute Gasteiger partial charge is 0.224 e. The Balaban J connectivity index is 1.80. The topological polar surface area (TPSA) is 51.5 Å². The number of carbonyl (C=O) groups excluding carboxylic acids is 1. The molecule has 2 rings (SSSR count). The van der Waals surface area contributed by atoms with Crippen molar-refractivity contribution in [2.24, 2.45) is 0 Å². The van der Waals surface area contributed by atoms with Crippen LogP contribution in [0.3, 0.4) is 0 Å². The van der Waals surface area contributed by atoms with Crippen molar-refractivity contribution < 1.29 is 13.9 Å². The van der Waals surface area contributed by atoms with Crippen LogP contribution in [-0.4, -0.2) is 18.6 Å². The zero-order chi connectivity index (χ0) is 15.1. The molecule has 0 bridgehead atoms. The van der Waals surface area contributed by atoms with Crippen LogP contribution in [0.2, 0.25) is 0 Å². The van der Waals surface area contributed by atoms with Crippen LogP contribution >= 0.6 is 0 Å². The molecule has 1 heterocycles. The van der Waals surface area contributed by atoms with Gasteiger partial charge in [0.1, 0.15) is 5.75 Å². The van der Waals surface area contributed by atoms with E-state index in [0.29, 0.717) is 13.0 Å². The molecule has 0 aliphatic carbocycles. The lowest BCUT2D eigenvalue weighted by atomic mass is 10.1. The van der Waals surface area contributed by atoms with Gasteiger partial charge in [-0.3, -0.25) is 4.79 Å². The Bertz CT molecular complexity index is 546. The van der Waals surface area contributed by atoms with Crippen LogP contribution in [0.4, 0.5) is 0 Å². The Hall–Kier alpha value is -2.23. The monoisotopic (exact) mass is 287 g/mol. The van der Waals surface area contributed by atoms with Gasteiger partial charge in [-0.05, 0) is 49.6 Å². The van der Waals surface area contributed by atoms with Crippen LogP contribution < -0.4 is 10.1 Å². The van der Waals surface area contributed by atoms with Crippen molar-refractivity contribution in [1.82, 2.24) is 5.32 Å². The van der Waals surface area contributed by atoms with Gasteiger partial charge >= 0.3 is 0 Å². The highest BCUT2D eigenvalue weighted by Crippen LogP contribution is 2.12. The summed E-state index contributed by atoms with van der Waals surface area (Å²) < 4.78 is 10.4. The van der Waals surface area contributed by atoms with E-state index in [2.05, 4.69) is 5.32 Å². The maximum absolute atomic E-state index is 12.0. The number of hydrogen-bond donors (Lipinski definition) is 1. The number of nitrogens with one attached hydrogen (secondary N) is 1. The van der Waals surface area contributed by atoms with E-state index >= 15 is 0 Å². The second-order valence-electron chi connectivity index (χ2n) is 5.06. The van der Waals surface area contributed by atoms with Crippen molar-refractivity contribution in [3.05, 3.63) is 54.0 Å². The summed E-state index contributed by atoms with van der Waals surface area (Å²) in [7, 11) is 0. The van der Waals surface area contributed by atoms with Crippen LogP contribution in [0.5, 0.6) is 5.75 Å². The molecular formula is C17H21NO3. The first-order chi connectivity index (χ1) is 10.2. The summed E-state index contributed by atoms with van der Waals surface area (Å²) in [4.78, 5) is 12.0. The van der Waals surface area contributed by atoms with Crippen molar-refractivity contribution in [2.45, 2.75) is 32.7 Å². The van der Waals surface area contributed by atoms with Crippen LogP contribution in [0.25, 0.3) is 0 Å². The van der Waals surface area contributed by atoms with E-state index in [1.54, 1.807) is 12.5 Å². The standard InChI is InChI=1S/C17H21NO3/c1-3-21-16-6-4-14(5-7-16)11-17(19)18-13(2)10-15-8-9-20-12-15/h4-9,12-13H,3,10-11H2,1-2H3,(H,18,19). The molecule has 0 aliphatic rings. The Labute approximate surface area is 125 Å². The second-order valence-corrected chi connectivity index (χ2v) is 5.06. The fourth-order valence-electron chi connectivity index (χ4n) is 2.19. The van der Waals surface area contributed by atoms with Crippen molar-refractivity contribution in [3.8, 4) is 5.75 Å². The van der Waals surface area contributed by atoms with Gasteiger partial charge in [0.25, 0.3) is 0 Å². The molecule has 1 N–H and O–H groups in total. The Morgan fingerprint density at radius 3 is 2.62 bits per heavy atom. The summed E-state index contributed by atoms with van der Waals surface area (Å²) in [5.74, 6) is 0.852. The molecule has 1 aromatic heterocycles. The minimum atomic E-state index is 0.0233. The van der Waals surface area contributed by atoms with Gasteiger partial charge in [0.05, 0.1) is 25.6 Å². The average molecular weight is 287 g/mol. The first kappa shape index (κ1) is 15.2. The zero-order valence-electron chi connectivity index (χ0n) is 12.5. The van der Waals surface area contributed by atoms with E-state index in [0.717, 1.165) is 23.3 Å². The molecule has 4 nitrogen and oxygen atoms in total. The van der Waals surface area contributed by atoms with Gasteiger partial charge in [-0.1, -0.05) is 12.1 Å². The molecule has 0 radical (unpaired) electrons. The van der Waals surface area contributed by atoms with Crippen molar-refractivity contribution >= 4 is 5.91 Å². The summed E-state index contributed by atoms with van der Waals surface area (Å²) in [5, 5.41) is 2.99. The van der Waals surface area contributed by atoms with Crippen LogP contribution in [0.15, 0.2) is 47.3 Å². The van der Waals surface area contributed by atoms with E-state index in [4.69, 9.17) is 9.15 Å². The molecule has 0 spiro atoms. The van der Waals surface area contributed by atoms with Crippen molar-refractivity contribution in [2.75, 3.05) is 6.61 Å². The molecule has 1 amide bonds. The number of rotatable bonds is 7. The number of amides is 1. The summed E-state index contributed by atoms with van der Waals surface area (Å²) in [6.45, 7) is 4.58. The lowest BCUT2D eigenvalue weighted by molar-refractivity contribution is -0.121. The maximum atomic E-state index is 12.0. The van der Waals surface area contributed by atoms with Crippen molar-refractivity contribution in [1.29, 1.82) is 0 Å². The Morgan fingerprint density at radius 2 is 2.00 bits per heavy atom. The normalized spacial score (nSPS) is 11.9.